The number of nitrogens with one attached hydrogen (secondary N) is 2. The molecular formula is C17H25IN2O2. The summed E-state index contributed by atoms with van der Waals surface area (Å²) in [5, 5.41) is 6.67. The van der Waals surface area contributed by atoms with E-state index in [9.17, 15) is 4.79 Å². The molecule has 0 aromatic heterocycles. The van der Waals surface area contributed by atoms with Crippen molar-refractivity contribution in [2.75, 3.05) is 0 Å². The minimum absolute atomic E-state index is 0.0261. The van der Waals surface area contributed by atoms with Crippen molar-refractivity contribution in [1.29, 1.82) is 0 Å². The van der Waals surface area contributed by atoms with Gasteiger partial charge in [0.1, 0.15) is 11.3 Å². The first-order valence-corrected chi connectivity index (χ1v) is 9.76. The molecule has 5 heteroatoms. The number of alkyl halides is 1. The number of hydrogen-bond acceptors (Lipinski definition) is 4. The van der Waals surface area contributed by atoms with Gasteiger partial charge in [-0.25, -0.2) is 0 Å². The fourth-order valence-electron chi connectivity index (χ4n) is 6.23. The molecule has 1 spiro atoms. The maximum absolute atomic E-state index is 13.0. The van der Waals surface area contributed by atoms with Crippen LogP contribution in [0, 0.1) is 29.1 Å². The molecule has 6 unspecified atom stereocenters. The Kier molecular flexibility index (Phi) is 2.43. The highest BCUT2D eigenvalue weighted by atomic mass is 127. The van der Waals surface area contributed by atoms with Gasteiger partial charge in [-0.1, -0.05) is 43.4 Å². The number of esters is 1. The quantitative estimate of drug-likeness (QED) is 0.320. The van der Waals surface area contributed by atoms with Gasteiger partial charge in [-0.05, 0) is 43.4 Å². The first kappa shape index (κ1) is 14.5. The molecule has 0 amide bonds. The molecule has 0 radical (unpaired) electrons. The second-order valence-electron chi connectivity index (χ2n) is 9.02. The SMILES string of the molecule is CC1CC2C3(C1)CC3C2(OC(=O)C(C)(I)C12NC1N2)C(C)C. The van der Waals surface area contributed by atoms with Crippen molar-refractivity contribution < 1.29 is 9.53 Å². The van der Waals surface area contributed by atoms with E-state index in [-0.39, 0.29) is 17.2 Å². The minimum atomic E-state index is -0.519. The van der Waals surface area contributed by atoms with Crippen molar-refractivity contribution in [1.82, 2.24) is 10.6 Å². The van der Waals surface area contributed by atoms with Crippen LogP contribution >= 0.6 is 22.6 Å². The van der Waals surface area contributed by atoms with Crippen molar-refractivity contribution in [3.8, 4) is 0 Å². The number of ether oxygens (including phenoxy) is 1. The Labute approximate surface area is 145 Å². The highest BCUT2D eigenvalue weighted by Crippen LogP contribution is 2.84. The molecule has 2 heterocycles. The number of fused-ring (bicyclic) bond motifs is 1. The molecule has 5 fully saturated rings. The third-order valence-electron chi connectivity index (χ3n) is 7.57. The maximum atomic E-state index is 13.0. The molecule has 22 heavy (non-hydrogen) atoms. The summed E-state index contributed by atoms with van der Waals surface area (Å²) < 4.78 is 5.86. The summed E-state index contributed by atoms with van der Waals surface area (Å²) >= 11 is 2.28. The van der Waals surface area contributed by atoms with Gasteiger partial charge in [-0.2, -0.15) is 0 Å². The molecule has 122 valence electrons. The number of halogens is 1. The van der Waals surface area contributed by atoms with Crippen LogP contribution in [-0.4, -0.2) is 26.8 Å². The Hall–Kier alpha value is 0.120. The van der Waals surface area contributed by atoms with E-state index in [2.05, 4.69) is 54.0 Å². The molecule has 3 saturated carbocycles. The minimum Gasteiger partial charge on any atom is -0.457 e. The van der Waals surface area contributed by atoms with Crippen molar-refractivity contribution in [3.05, 3.63) is 0 Å². The van der Waals surface area contributed by atoms with Gasteiger partial charge in [-0.3, -0.25) is 15.4 Å². The van der Waals surface area contributed by atoms with E-state index < -0.39 is 3.42 Å². The zero-order chi connectivity index (χ0) is 15.7. The summed E-state index contributed by atoms with van der Waals surface area (Å²) in [5.41, 5.74) is 0.169. The molecule has 2 N–H and O–H groups in total. The average Bonchev–Trinajstić information content (AvgIpc) is 3.26. The molecular weight excluding hydrogens is 391 g/mol. The second-order valence-corrected chi connectivity index (χ2v) is 11.2. The first-order valence-electron chi connectivity index (χ1n) is 8.68. The predicted molar refractivity (Wildman–Crippen MR) is 91.3 cm³/mol. The zero-order valence-corrected chi connectivity index (χ0v) is 15.9. The van der Waals surface area contributed by atoms with E-state index in [4.69, 9.17) is 4.74 Å². The Bertz CT molecular complexity index is 585. The smallest absolute Gasteiger partial charge is 0.325 e. The van der Waals surface area contributed by atoms with Crippen LogP contribution in [0.4, 0.5) is 0 Å². The number of rotatable bonds is 4. The van der Waals surface area contributed by atoms with Crippen LogP contribution in [0.3, 0.4) is 0 Å². The van der Waals surface area contributed by atoms with E-state index >= 15 is 0 Å². The summed E-state index contributed by atoms with van der Waals surface area (Å²) in [4.78, 5) is 13.0. The van der Waals surface area contributed by atoms with Gasteiger partial charge in [-0.15, -0.1) is 0 Å². The molecule has 0 aromatic carbocycles. The Morgan fingerprint density at radius 1 is 1.32 bits per heavy atom. The standard InChI is InChI=1S/C17H25IN2O2/c1-8(2)16(10-5-9(3)6-15(10)7-11(15)16)22-13(21)14(4,18)17-12(19-17)20-17/h8-12,19-20H,5-7H2,1-4H3. The number of hydrogen-bond donors (Lipinski definition) is 2. The summed E-state index contributed by atoms with van der Waals surface area (Å²) in [6.45, 7) is 8.86. The van der Waals surface area contributed by atoms with Gasteiger partial charge in [0.2, 0.25) is 0 Å². The van der Waals surface area contributed by atoms with Crippen molar-refractivity contribution >= 4 is 28.6 Å². The molecule has 2 saturated heterocycles. The molecule has 3 aliphatic carbocycles. The van der Waals surface area contributed by atoms with Crippen molar-refractivity contribution in [2.45, 2.75) is 67.8 Å². The van der Waals surface area contributed by atoms with Crippen molar-refractivity contribution in [3.63, 3.8) is 0 Å². The summed E-state index contributed by atoms with van der Waals surface area (Å²) in [6, 6.07) is 0. The molecule has 0 aromatic rings. The van der Waals surface area contributed by atoms with Crippen LogP contribution in [0.25, 0.3) is 0 Å². The van der Waals surface area contributed by atoms with Crippen LogP contribution in [-0.2, 0) is 9.53 Å². The van der Waals surface area contributed by atoms with Crippen LogP contribution in [0.5, 0.6) is 0 Å². The largest absolute Gasteiger partial charge is 0.457 e. The molecule has 4 nitrogen and oxygen atoms in total. The van der Waals surface area contributed by atoms with Gasteiger partial charge in [0, 0.05) is 11.8 Å². The monoisotopic (exact) mass is 416 g/mol. The lowest BCUT2D eigenvalue weighted by Gasteiger charge is -2.54. The lowest BCUT2D eigenvalue weighted by Crippen LogP contribution is -2.62. The first-order chi connectivity index (χ1) is 10.2. The van der Waals surface area contributed by atoms with E-state index in [1.165, 1.54) is 19.3 Å². The lowest BCUT2D eigenvalue weighted by molar-refractivity contribution is -0.211. The topological polar surface area (TPSA) is 70.2 Å². The van der Waals surface area contributed by atoms with Gasteiger partial charge in [0.25, 0.3) is 0 Å². The third-order valence-corrected chi connectivity index (χ3v) is 8.87. The second kappa shape index (κ2) is 3.69. The zero-order valence-electron chi connectivity index (χ0n) is 13.7. The molecule has 6 atom stereocenters. The van der Waals surface area contributed by atoms with E-state index in [0.717, 1.165) is 5.92 Å². The molecule has 5 aliphatic rings. The number of carbonyl (C=O) groups excluding carboxylic acids is 1. The van der Waals surface area contributed by atoms with Crippen LogP contribution in [0.1, 0.15) is 47.0 Å². The van der Waals surface area contributed by atoms with Crippen LogP contribution in [0.15, 0.2) is 0 Å². The lowest BCUT2D eigenvalue weighted by atomic mass is 9.58. The van der Waals surface area contributed by atoms with E-state index in [0.29, 0.717) is 29.3 Å². The fraction of sp³-hybridized carbons (Fsp3) is 0.941. The maximum Gasteiger partial charge on any atom is 0.325 e. The molecule has 5 rings (SSSR count). The normalized spacial score (nSPS) is 58.8. The summed E-state index contributed by atoms with van der Waals surface area (Å²) in [5.74, 6) is 2.40. The van der Waals surface area contributed by atoms with Crippen LogP contribution < -0.4 is 10.6 Å². The van der Waals surface area contributed by atoms with Gasteiger partial charge in [0.15, 0.2) is 3.42 Å². The van der Waals surface area contributed by atoms with Crippen molar-refractivity contribution in [2.24, 2.45) is 29.1 Å². The molecule has 2 aliphatic heterocycles. The highest BCUT2D eigenvalue weighted by molar-refractivity contribution is 14.1. The molecule has 0 bridgehead atoms. The summed E-state index contributed by atoms with van der Waals surface area (Å²) in [6.07, 6.45) is 4.20. The van der Waals surface area contributed by atoms with Gasteiger partial charge < -0.3 is 4.74 Å². The number of carbonyl (C=O) groups is 1. The highest BCUT2D eigenvalue weighted by Gasteiger charge is 2.86. The Morgan fingerprint density at radius 3 is 2.50 bits per heavy atom. The van der Waals surface area contributed by atoms with Gasteiger partial charge >= 0.3 is 5.97 Å². The Balaban J connectivity index is 1.42. The van der Waals surface area contributed by atoms with E-state index in [1.807, 2.05) is 6.92 Å². The summed E-state index contributed by atoms with van der Waals surface area (Å²) in [7, 11) is 0. The fourth-order valence-corrected chi connectivity index (χ4v) is 6.96. The Morgan fingerprint density at radius 2 is 1.95 bits per heavy atom. The van der Waals surface area contributed by atoms with Gasteiger partial charge in [0.05, 0.1) is 6.17 Å². The average molecular weight is 416 g/mol. The third kappa shape index (κ3) is 1.34. The van der Waals surface area contributed by atoms with E-state index in [1.54, 1.807) is 0 Å². The van der Waals surface area contributed by atoms with Crippen LogP contribution in [0.2, 0.25) is 0 Å². The predicted octanol–water partition coefficient (Wildman–Crippen LogP) is 2.41.